The van der Waals surface area contributed by atoms with Crippen molar-refractivity contribution in [1.82, 2.24) is 0 Å². The third-order valence-electron chi connectivity index (χ3n) is 6.06. The summed E-state index contributed by atoms with van der Waals surface area (Å²) in [6, 6.07) is 7.18. The quantitative estimate of drug-likeness (QED) is 0.598. The van der Waals surface area contributed by atoms with Crippen molar-refractivity contribution in [2.45, 2.75) is 51.9 Å². The molecule has 4 rings (SSSR count). The second-order valence-corrected chi connectivity index (χ2v) is 7.44. The van der Waals surface area contributed by atoms with E-state index in [1.807, 2.05) is 0 Å². The summed E-state index contributed by atoms with van der Waals surface area (Å²) >= 11 is 0. The van der Waals surface area contributed by atoms with Crippen molar-refractivity contribution in [3.8, 4) is 0 Å². The number of fused-ring (bicyclic) bond motifs is 1. The molecule has 0 aliphatic heterocycles. The molecule has 2 unspecified atom stereocenters. The highest BCUT2D eigenvalue weighted by atomic mass is 14.6. The van der Waals surface area contributed by atoms with E-state index in [9.17, 15) is 0 Å². The zero-order valence-corrected chi connectivity index (χ0v) is 13.0. The maximum absolute atomic E-state index is 2.48. The Hall–Kier alpha value is -1.30. The molecule has 0 heterocycles. The molecule has 4 atom stereocenters. The molecule has 1 aromatic carbocycles. The largest absolute Gasteiger partial charge is 0.0684 e. The SMILES string of the molecule is CC1=CC=C2C[C@H](C)C[C@@]23c2cc(C)ccc2C(C)C13. The minimum atomic E-state index is 0.332. The molecule has 1 saturated carbocycles. The van der Waals surface area contributed by atoms with Gasteiger partial charge in [-0.15, -0.1) is 0 Å². The Morgan fingerprint density at radius 3 is 2.70 bits per heavy atom. The van der Waals surface area contributed by atoms with E-state index < -0.39 is 0 Å². The molecule has 0 bridgehead atoms. The predicted octanol–water partition coefficient (Wildman–Crippen LogP) is 5.28. The van der Waals surface area contributed by atoms with Gasteiger partial charge in [0.15, 0.2) is 0 Å². The van der Waals surface area contributed by atoms with E-state index in [2.05, 4.69) is 58.0 Å². The number of benzene rings is 1. The molecule has 0 saturated heterocycles. The first-order chi connectivity index (χ1) is 9.54. The minimum absolute atomic E-state index is 0.332. The molecule has 20 heavy (non-hydrogen) atoms. The molecule has 1 spiro atoms. The first-order valence-electron chi connectivity index (χ1n) is 8.03. The molecule has 0 nitrogen and oxygen atoms in total. The monoisotopic (exact) mass is 264 g/mol. The second kappa shape index (κ2) is 3.87. The van der Waals surface area contributed by atoms with Crippen LogP contribution in [0.15, 0.2) is 41.5 Å². The van der Waals surface area contributed by atoms with Crippen LogP contribution in [0.4, 0.5) is 0 Å². The molecule has 0 amide bonds. The zero-order valence-electron chi connectivity index (χ0n) is 13.0. The van der Waals surface area contributed by atoms with Crippen molar-refractivity contribution in [2.75, 3.05) is 0 Å². The summed E-state index contributed by atoms with van der Waals surface area (Å²) in [5.41, 5.74) is 8.30. The van der Waals surface area contributed by atoms with E-state index in [0.29, 0.717) is 17.3 Å². The fourth-order valence-corrected chi connectivity index (χ4v) is 5.48. The molecule has 0 aromatic heterocycles. The first kappa shape index (κ1) is 12.4. The average molecular weight is 264 g/mol. The summed E-state index contributed by atoms with van der Waals surface area (Å²) in [4.78, 5) is 0. The Bertz CT molecular complexity index is 646. The van der Waals surface area contributed by atoms with Gasteiger partial charge < -0.3 is 0 Å². The molecule has 3 aliphatic carbocycles. The Labute approximate surface area is 122 Å². The third-order valence-corrected chi connectivity index (χ3v) is 6.06. The highest BCUT2D eigenvalue weighted by Gasteiger charge is 2.56. The lowest BCUT2D eigenvalue weighted by Gasteiger charge is -2.39. The summed E-state index contributed by atoms with van der Waals surface area (Å²) in [7, 11) is 0. The first-order valence-corrected chi connectivity index (χ1v) is 8.03. The normalized spacial score (nSPS) is 37.9. The van der Waals surface area contributed by atoms with Crippen LogP contribution in [-0.2, 0) is 5.41 Å². The van der Waals surface area contributed by atoms with Gasteiger partial charge in [-0.3, -0.25) is 0 Å². The summed E-state index contributed by atoms with van der Waals surface area (Å²) in [5, 5.41) is 0. The van der Waals surface area contributed by atoms with Gasteiger partial charge in [0.1, 0.15) is 0 Å². The Morgan fingerprint density at radius 1 is 1.10 bits per heavy atom. The third kappa shape index (κ3) is 1.33. The molecule has 0 heteroatoms. The van der Waals surface area contributed by atoms with Crippen LogP contribution in [0.3, 0.4) is 0 Å². The lowest BCUT2D eigenvalue weighted by molar-refractivity contribution is 0.340. The minimum Gasteiger partial charge on any atom is -0.0684 e. The van der Waals surface area contributed by atoms with Gasteiger partial charge in [-0.2, -0.15) is 0 Å². The van der Waals surface area contributed by atoms with Crippen molar-refractivity contribution in [2.24, 2.45) is 11.8 Å². The number of hydrogen-bond donors (Lipinski definition) is 0. The fraction of sp³-hybridized carbons (Fsp3) is 0.500. The molecule has 0 radical (unpaired) electrons. The predicted molar refractivity (Wildman–Crippen MR) is 85.0 cm³/mol. The number of hydrogen-bond acceptors (Lipinski definition) is 0. The number of allylic oxidation sites excluding steroid dienone is 4. The van der Waals surface area contributed by atoms with Crippen LogP contribution in [0.5, 0.6) is 0 Å². The van der Waals surface area contributed by atoms with Crippen molar-refractivity contribution in [1.29, 1.82) is 0 Å². The highest BCUT2D eigenvalue weighted by Crippen LogP contribution is 2.64. The van der Waals surface area contributed by atoms with Crippen molar-refractivity contribution >= 4 is 0 Å². The van der Waals surface area contributed by atoms with Crippen LogP contribution < -0.4 is 0 Å². The Morgan fingerprint density at radius 2 is 1.90 bits per heavy atom. The molecule has 1 fully saturated rings. The van der Waals surface area contributed by atoms with E-state index >= 15 is 0 Å². The maximum Gasteiger partial charge on any atom is 0.0241 e. The summed E-state index contributed by atoms with van der Waals surface area (Å²) in [6.07, 6.45) is 7.47. The standard InChI is InChI=1S/C20H24/c1-12-5-8-17-15(4)19-14(3)6-7-16-9-13(2)11-20(16,19)18(17)10-12/h5-8,10,13,15,19H,9,11H2,1-4H3/t13-,15?,19?,20-/m0/s1. The van der Waals surface area contributed by atoms with Crippen molar-refractivity contribution in [3.63, 3.8) is 0 Å². The molecular formula is C20H24. The van der Waals surface area contributed by atoms with Gasteiger partial charge >= 0.3 is 0 Å². The van der Waals surface area contributed by atoms with Crippen LogP contribution >= 0.6 is 0 Å². The molecule has 3 aliphatic rings. The van der Waals surface area contributed by atoms with Gasteiger partial charge in [0.05, 0.1) is 0 Å². The van der Waals surface area contributed by atoms with Crippen molar-refractivity contribution < 1.29 is 0 Å². The van der Waals surface area contributed by atoms with E-state index in [-0.39, 0.29) is 0 Å². The van der Waals surface area contributed by atoms with Crippen molar-refractivity contribution in [3.05, 3.63) is 58.2 Å². The molecule has 1 aromatic rings. The van der Waals surface area contributed by atoms with Gasteiger partial charge in [-0.1, -0.05) is 60.9 Å². The van der Waals surface area contributed by atoms with Gasteiger partial charge in [0.2, 0.25) is 0 Å². The van der Waals surface area contributed by atoms with Gasteiger partial charge in [0, 0.05) is 5.41 Å². The number of aryl methyl sites for hydroxylation is 1. The maximum atomic E-state index is 2.48. The van der Waals surface area contributed by atoms with E-state index in [1.165, 1.54) is 18.4 Å². The van der Waals surface area contributed by atoms with E-state index in [1.54, 1.807) is 22.3 Å². The second-order valence-electron chi connectivity index (χ2n) is 7.44. The lowest BCUT2D eigenvalue weighted by atomic mass is 9.64. The zero-order chi connectivity index (χ0) is 14.1. The Kier molecular flexibility index (Phi) is 2.41. The summed E-state index contributed by atoms with van der Waals surface area (Å²) in [5.74, 6) is 2.18. The highest BCUT2D eigenvalue weighted by molar-refractivity contribution is 5.58. The van der Waals surface area contributed by atoms with E-state index in [0.717, 1.165) is 5.92 Å². The summed E-state index contributed by atoms with van der Waals surface area (Å²) < 4.78 is 0. The lowest BCUT2D eigenvalue weighted by Crippen LogP contribution is -2.34. The van der Waals surface area contributed by atoms with Crippen LogP contribution in [0, 0.1) is 18.8 Å². The summed E-state index contributed by atoms with van der Waals surface area (Å²) in [6.45, 7) is 9.45. The molecule has 0 N–H and O–H groups in total. The number of rotatable bonds is 0. The molecular weight excluding hydrogens is 240 g/mol. The fourth-order valence-electron chi connectivity index (χ4n) is 5.48. The average Bonchev–Trinajstić information content (AvgIpc) is 2.85. The van der Waals surface area contributed by atoms with Gasteiger partial charge in [0.25, 0.3) is 0 Å². The van der Waals surface area contributed by atoms with Crippen LogP contribution in [0.2, 0.25) is 0 Å². The Balaban J connectivity index is 2.02. The van der Waals surface area contributed by atoms with Crippen LogP contribution in [0.1, 0.15) is 56.2 Å². The van der Waals surface area contributed by atoms with E-state index in [4.69, 9.17) is 0 Å². The van der Waals surface area contributed by atoms with Gasteiger partial charge in [-0.05, 0) is 55.6 Å². The molecule has 104 valence electrons. The topological polar surface area (TPSA) is 0 Å². The van der Waals surface area contributed by atoms with Crippen LogP contribution in [-0.4, -0.2) is 0 Å². The van der Waals surface area contributed by atoms with Crippen LogP contribution in [0.25, 0.3) is 0 Å². The van der Waals surface area contributed by atoms with Gasteiger partial charge in [-0.25, -0.2) is 0 Å². The smallest absolute Gasteiger partial charge is 0.0241 e.